The van der Waals surface area contributed by atoms with Gasteiger partial charge in [0.25, 0.3) is 0 Å². The van der Waals surface area contributed by atoms with Crippen molar-refractivity contribution in [3.8, 4) is 23.0 Å². The van der Waals surface area contributed by atoms with E-state index in [-0.39, 0.29) is 5.41 Å². The predicted molar refractivity (Wildman–Crippen MR) is 241 cm³/mol. The van der Waals surface area contributed by atoms with Crippen LogP contribution >= 0.6 is 0 Å². The molecule has 0 bridgehead atoms. The smallest absolute Gasteiger partial charge is 0.245 e. The van der Waals surface area contributed by atoms with Crippen LogP contribution in [0.25, 0.3) is 87.8 Å². The van der Waals surface area contributed by atoms with Crippen LogP contribution in [0.15, 0.2) is 174 Å². The number of aryl methyl sites for hydroxylation is 1. The van der Waals surface area contributed by atoms with Crippen molar-refractivity contribution in [1.29, 1.82) is 0 Å². The summed E-state index contributed by atoms with van der Waals surface area (Å²) >= 11 is 0. The number of rotatable bonds is 4. The number of hydrogen-bond acceptors (Lipinski definition) is 3. The zero-order valence-electron chi connectivity index (χ0n) is 35.8. The van der Waals surface area contributed by atoms with E-state index in [1.165, 1.54) is 10.1 Å². The molecule has 4 aromatic heterocycles. The van der Waals surface area contributed by atoms with Crippen LogP contribution in [-0.4, -0.2) is 14.1 Å². The molecule has 4 heterocycles. The summed E-state index contributed by atoms with van der Waals surface area (Å²) < 4.78 is 45.2. The van der Waals surface area contributed by atoms with Gasteiger partial charge in [0.05, 0.1) is 38.8 Å². The summed E-state index contributed by atoms with van der Waals surface area (Å²) in [5, 5.41) is 7.57. The van der Waals surface area contributed by atoms with Crippen molar-refractivity contribution in [2.45, 2.75) is 26.2 Å². The molecule has 0 fully saturated rings. The van der Waals surface area contributed by atoms with E-state index in [0.717, 1.165) is 76.6 Å². The monoisotopic (exact) mass is 767 g/mol. The normalized spacial score (nSPS) is 13.0. The molecule has 0 N–H and O–H groups in total. The molecule has 0 aliphatic carbocycles. The first-order valence-electron chi connectivity index (χ1n) is 21.3. The first-order chi connectivity index (χ1) is 30.0. The van der Waals surface area contributed by atoms with Crippen LogP contribution in [0.5, 0.6) is 11.5 Å². The van der Waals surface area contributed by atoms with Crippen molar-refractivity contribution in [3.05, 3.63) is 182 Å². The van der Waals surface area contributed by atoms with E-state index in [1.54, 1.807) is 0 Å². The summed E-state index contributed by atoms with van der Waals surface area (Å²) in [6, 6.07) is 54.2. The van der Waals surface area contributed by atoms with Crippen LogP contribution in [-0.2, 0) is 12.4 Å². The van der Waals surface area contributed by atoms with Gasteiger partial charge < -0.3 is 18.3 Å². The lowest BCUT2D eigenvalue weighted by atomic mass is 9.88. The van der Waals surface area contributed by atoms with Gasteiger partial charge in [-0.1, -0.05) is 124 Å². The maximum atomic E-state index is 8.92. The number of aromatic nitrogens is 4. The summed E-state index contributed by atoms with van der Waals surface area (Å²) in [7, 11) is 0. The fourth-order valence-corrected chi connectivity index (χ4v) is 8.59. The lowest BCUT2D eigenvalue weighted by molar-refractivity contribution is -0.652. The number of pyridine rings is 1. The average molecular weight is 768 g/mol. The van der Waals surface area contributed by atoms with Crippen LogP contribution in [0.3, 0.4) is 0 Å². The summed E-state index contributed by atoms with van der Waals surface area (Å²) in [6.07, 6.45) is 5.25. The second kappa shape index (κ2) is 13.3. The third-order valence-electron chi connectivity index (χ3n) is 11.4. The molecule has 11 rings (SSSR count). The quantitative estimate of drug-likeness (QED) is 0.132. The minimum absolute atomic E-state index is 0.0504. The summed E-state index contributed by atoms with van der Waals surface area (Å²) in [4.78, 5) is 4.85. The number of furan rings is 1. The van der Waals surface area contributed by atoms with Gasteiger partial charge >= 0.3 is 0 Å². The van der Waals surface area contributed by atoms with E-state index in [9.17, 15) is 0 Å². The molecule has 0 saturated heterocycles. The van der Waals surface area contributed by atoms with Gasteiger partial charge in [0.1, 0.15) is 28.5 Å². The second-order valence-electron chi connectivity index (χ2n) is 16.0. The highest BCUT2D eigenvalue weighted by atomic mass is 16.5. The maximum Gasteiger partial charge on any atom is 0.245 e. The first kappa shape index (κ1) is 31.6. The Bertz CT molecular complexity index is 3660. The van der Waals surface area contributed by atoms with Gasteiger partial charge in [0.2, 0.25) is 6.33 Å². The summed E-state index contributed by atoms with van der Waals surface area (Å²) in [5.41, 5.74) is 6.56. The lowest BCUT2D eigenvalue weighted by Crippen LogP contribution is -2.30. The zero-order valence-corrected chi connectivity index (χ0v) is 32.8. The number of hydrogen-bond donors (Lipinski definition) is 0. The molecule has 0 aliphatic heterocycles. The fourth-order valence-electron chi connectivity index (χ4n) is 8.59. The van der Waals surface area contributed by atoms with Gasteiger partial charge in [-0.05, 0) is 87.1 Å². The topological polar surface area (TPSA) is 49.0 Å². The number of nitrogens with zero attached hydrogens (tertiary/aromatic N) is 4. The van der Waals surface area contributed by atoms with Gasteiger partial charge in [0, 0.05) is 33.8 Å². The van der Waals surface area contributed by atoms with E-state index in [1.807, 2.05) is 108 Å². The number of benzene rings is 7. The highest BCUT2D eigenvalue weighted by Gasteiger charge is 2.19. The van der Waals surface area contributed by atoms with Crippen LogP contribution < -0.4 is 9.30 Å². The molecule has 0 atom stereocenters. The third-order valence-corrected chi connectivity index (χ3v) is 11.4. The Labute approximate surface area is 345 Å². The Kier molecular flexibility index (Phi) is 7.14. The number of fused-ring (bicyclic) bond motifs is 12. The molecular formula is C53H40N4O2. The lowest BCUT2D eigenvalue weighted by Gasteiger charge is -2.20. The molecule has 0 saturated carbocycles. The molecule has 0 spiro atoms. The van der Waals surface area contributed by atoms with Crippen molar-refractivity contribution in [1.82, 2.24) is 14.1 Å². The largest absolute Gasteiger partial charge is 0.458 e. The van der Waals surface area contributed by atoms with Crippen molar-refractivity contribution in [2.75, 3.05) is 0 Å². The molecule has 0 unspecified atom stereocenters. The highest BCUT2D eigenvalue weighted by molar-refractivity contribution is 6.28. The molecular weight excluding hydrogens is 725 g/mol. The highest BCUT2D eigenvalue weighted by Crippen LogP contribution is 2.40. The summed E-state index contributed by atoms with van der Waals surface area (Å²) in [5.74, 6) is 2.06. The first-order valence-corrected chi connectivity index (χ1v) is 19.8. The van der Waals surface area contributed by atoms with Gasteiger partial charge in [-0.2, -0.15) is 0 Å². The minimum atomic E-state index is -2.61. The Morgan fingerprint density at radius 3 is 2.12 bits per heavy atom. The van der Waals surface area contributed by atoms with Gasteiger partial charge in [0.15, 0.2) is 0 Å². The molecule has 11 aromatic rings. The minimum Gasteiger partial charge on any atom is -0.458 e. The van der Waals surface area contributed by atoms with E-state index in [0.29, 0.717) is 22.7 Å². The number of ether oxygens (including phenoxy) is 1. The SMILES string of the molecule is [2H]C([2H])([2H])[n+]1[c-]n(-c2cccc(Oc3ccc4c5ccccc5n(-c5cc(C(C)(C)C)ccn5)c4c3)c2)c2ccccc2c2ccc3oc4ccccc4c3c2c2ccccc21. The Morgan fingerprint density at radius 1 is 0.593 bits per heavy atom. The molecule has 0 amide bonds. The van der Waals surface area contributed by atoms with Crippen molar-refractivity contribution < 1.29 is 17.8 Å². The van der Waals surface area contributed by atoms with E-state index in [4.69, 9.17) is 18.3 Å². The van der Waals surface area contributed by atoms with E-state index >= 15 is 0 Å². The summed E-state index contributed by atoms with van der Waals surface area (Å²) in [6.45, 7) is 4.02. The molecule has 6 nitrogen and oxygen atoms in total. The molecule has 7 aromatic carbocycles. The predicted octanol–water partition coefficient (Wildman–Crippen LogP) is 13.2. The van der Waals surface area contributed by atoms with Crippen molar-refractivity contribution in [2.24, 2.45) is 6.98 Å². The molecule has 6 heteroatoms. The Morgan fingerprint density at radius 2 is 1.29 bits per heavy atom. The van der Waals surface area contributed by atoms with Crippen LogP contribution in [0.1, 0.15) is 30.4 Å². The van der Waals surface area contributed by atoms with E-state index < -0.39 is 6.98 Å². The van der Waals surface area contributed by atoms with Gasteiger partial charge in [-0.25, -0.2) is 4.98 Å². The van der Waals surface area contributed by atoms with Gasteiger partial charge in [-0.15, -0.1) is 0 Å². The van der Waals surface area contributed by atoms with E-state index in [2.05, 4.69) is 98.4 Å². The fraction of sp³-hybridized carbons (Fsp3) is 0.0943. The maximum absolute atomic E-state index is 8.92. The van der Waals surface area contributed by atoms with Crippen LogP contribution in [0.2, 0.25) is 0 Å². The zero-order chi connectivity index (χ0) is 42.3. The Balaban J connectivity index is 1.14. The number of para-hydroxylation sites is 4. The standard InChI is InChI=1S/C53H40N4O2/c1-53(2,3)34-28-29-54-50(30-34)57-46-22-11-6-16-38(46)40-25-24-37(32-47(40)57)58-36-15-13-14-35(31-36)56-33-55(4)44-20-9-7-18-42(44)51-41(39-17-5-10-21-45(39)56)26-27-49-52(51)43-19-8-12-23-48(43)59-49/h5-32H,1-4H3/i4D3. The van der Waals surface area contributed by atoms with Gasteiger partial charge in [-0.3, -0.25) is 4.57 Å². The molecule has 284 valence electrons. The Hall–Kier alpha value is -7.44. The second-order valence-corrected chi connectivity index (χ2v) is 16.0. The third kappa shape index (κ3) is 5.71. The average Bonchev–Trinajstić information content (AvgIpc) is 3.82. The van der Waals surface area contributed by atoms with Crippen LogP contribution in [0.4, 0.5) is 0 Å². The van der Waals surface area contributed by atoms with Crippen LogP contribution in [0, 0.1) is 6.33 Å². The molecule has 0 aliphatic rings. The van der Waals surface area contributed by atoms with Crippen molar-refractivity contribution >= 4 is 76.3 Å². The molecule has 59 heavy (non-hydrogen) atoms. The molecule has 0 radical (unpaired) electrons. The van der Waals surface area contributed by atoms with Crippen molar-refractivity contribution in [3.63, 3.8) is 0 Å².